The van der Waals surface area contributed by atoms with E-state index in [0.717, 1.165) is 33.3 Å². The van der Waals surface area contributed by atoms with Gasteiger partial charge >= 0.3 is 0 Å². The largest absolute Gasteiger partial charge is 0.486 e. The predicted molar refractivity (Wildman–Crippen MR) is 132 cm³/mol. The molecule has 0 spiro atoms. The summed E-state index contributed by atoms with van der Waals surface area (Å²) in [5, 5.41) is 1.64. The van der Waals surface area contributed by atoms with Gasteiger partial charge in [0.1, 0.15) is 0 Å². The summed E-state index contributed by atoms with van der Waals surface area (Å²) < 4.78 is 42.7. The molecule has 0 amide bonds. The molecule has 0 N–H and O–H groups in total. The number of nitrogens with zero attached hydrogens (tertiary/aromatic N) is 3. The summed E-state index contributed by atoms with van der Waals surface area (Å²) in [6.45, 7) is -3.23. The predicted octanol–water partition coefficient (Wildman–Crippen LogP) is 7.01. The van der Waals surface area contributed by atoms with Crippen molar-refractivity contribution in [1.82, 2.24) is 15.0 Å². The van der Waals surface area contributed by atoms with E-state index >= 15 is 0 Å². The average Bonchev–Trinajstić information content (AvgIpc) is 3.32. The monoisotopic (exact) mass is 625 g/mol. The third-order valence-electron chi connectivity index (χ3n) is 4.99. The van der Waals surface area contributed by atoms with E-state index in [-0.39, 0.29) is 25.8 Å². The molecule has 0 aliphatic carbocycles. The van der Waals surface area contributed by atoms with E-state index in [1.54, 1.807) is 30.6 Å². The fourth-order valence-electron chi connectivity index (χ4n) is 3.44. The number of fused-ring (bicyclic) bond motifs is 3. The number of aryl methyl sites for hydroxylation is 2. The molecule has 6 rings (SSSR count). The minimum atomic E-state index is -2.26. The fourth-order valence-corrected chi connectivity index (χ4v) is 3.44. The molecular formula is C29H21IrN3O-2. The third-order valence-corrected chi connectivity index (χ3v) is 4.99. The maximum atomic E-state index is 7.47. The summed E-state index contributed by atoms with van der Waals surface area (Å²) in [7, 11) is 0. The quantitative estimate of drug-likeness (QED) is 0.195. The van der Waals surface area contributed by atoms with Gasteiger partial charge in [-0.3, -0.25) is 0 Å². The van der Waals surface area contributed by atoms with Crippen molar-refractivity contribution in [2.24, 2.45) is 0 Å². The Morgan fingerprint density at radius 2 is 1.76 bits per heavy atom. The molecule has 34 heavy (non-hydrogen) atoms. The van der Waals surface area contributed by atoms with Crippen LogP contribution in [0.1, 0.15) is 18.1 Å². The number of aromatic nitrogens is 3. The fraction of sp³-hybridized carbons (Fsp3) is 0.0690. The zero-order valence-corrected chi connectivity index (χ0v) is 20.2. The number of hydrogen-bond acceptors (Lipinski definition) is 4. The number of rotatable bonds is 2. The van der Waals surface area contributed by atoms with Crippen LogP contribution in [0.2, 0.25) is 0 Å². The first-order valence-electron chi connectivity index (χ1n) is 12.9. The standard InChI is InChI=1S/C17H11N2O.C12H10N.Ir/c1-11-8-9-13-12-5-4-6-14(15-7-2-3-10-18-15)16(12)20-17(13)19-11;1-10-7-8-12(13-9-10)11-5-3-2-4-6-11;/h2-5,7-10H,1H3;2-5,7-9H,1H3;/q2*-1;/i1D3;1D2;. The molecule has 5 heteroatoms. The normalized spacial score (nSPS) is 13.0. The van der Waals surface area contributed by atoms with Crippen molar-refractivity contribution in [2.45, 2.75) is 13.7 Å². The number of benzene rings is 2. The van der Waals surface area contributed by atoms with Gasteiger partial charge in [-0.1, -0.05) is 35.2 Å². The molecule has 4 heterocycles. The zero-order chi connectivity index (χ0) is 26.7. The smallest absolute Gasteiger partial charge is 0.216 e. The maximum absolute atomic E-state index is 7.47. The molecule has 0 bridgehead atoms. The first kappa shape index (κ1) is 17.8. The van der Waals surface area contributed by atoms with Gasteiger partial charge in [0.15, 0.2) is 0 Å². The molecule has 0 unspecified atom stereocenters. The summed E-state index contributed by atoms with van der Waals surface area (Å²) >= 11 is 0. The summed E-state index contributed by atoms with van der Waals surface area (Å²) in [5.41, 5.74) is 4.77. The van der Waals surface area contributed by atoms with Gasteiger partial charge in [-0.05, 0) is 48.9 Å². The molecule has 0 saturated carbocycles. The second-order valence-electron chi connectivity index (χ2n) is 7.21. The van der Waals surface area contributed by atoms with Gasteiger partial charge in [-0.15, -0.1) is 54.1 Å². The minimum Gasteiger partial charge on any atom is -0.486 e. The van der Waals surface area contributed by atoms with Gasteiger partial charge < -0.3 is 14.4 Å². The van der Waals surface area contributed by atoms with Gasteiger partial charge in [0.05, 0.1) is 5.58 Å². The van der Waals surface area contributed by atoms with Crippen molar-refractivity contribution >= 4 is 22.1 Å². The molecule has 0 aliphatic heterocycles. The van der Waals surface area contributed by atoms with Crippen LogP contribution in [0, 0.1) is 25.9 Å². The first-order valence-corrected chi connectivity index (χ1v) is 10.2. The Hall–Kier alpha value is -3.66. The topological polar surface area (TPSA) is 51.8 Å². The molecule has 0 saturated heterocycles. The average molecular weight is 625 g/mol. The van der Waals surface area contributed by atoms with Gasteiger partial charge in [0.25, 0.3) is 0 Å². The van der Waals surface area contributed by atoms with Crippen molar-refractivity contribution in [3.63, 3.8) is 0 Å². The number of pyridine rings is 3. The summed E-state index contributed by atoms with van der Waals surface area (Å²) in [4.78, 5) is 12.7. The Bertz CT molecular complexity index is 1670. The summed E-state index contributed by atoms with van der Waals surface area (Å²) in [6.07, 6.45) is 3.27. The van der Waals surface area contributed by atoms with Crippen LogP contribution in [0.25, 0.3) is 44.6 Å². The van der Waals surface area contributed by atoms with E-state index in [1.165, 1.54) is 6.07 Å². The van der Waals surface area contributed by atoms with Crippen molar-refractivity contribution in [1.29, 1.82) is 0 Å². The maximum Gasteiger partial charge on any atom is 0.216 e. The van der Waals surface area contributed by atoms with E-state index < -0.39 is 13.7 Å². The molecule has 2 aromatic carbocycles. The Labute approximate surface area is 219 Å². The van der Waals surface area contributed by atoms with Crippen LogP contribution in [0.15, 0.2) is 95.7 Å². The van der Waals surface area contributed by atoms with E-state index in [1.807, 2.05) is 54.6 Å². The summed E-state index contributed by atoms with van der Waals surface area (Å²) in [5.74, 6) is 0. The molecule has 0 atom stereocenters. The minimum absolute atomic E-state index is 0. The van der Waals surface area contributed by atoms with E-state index in [4.69, 9.17) is 11.3 Å². The van der Waals surface area contributed by atoms with Crippen molar-refractivity contribution in [3.8, 4) is 22.5 Å². The molecule has 0 fully saturated rings. The van der Waals surface area contributed by atoms with Crippen LogP contribution in [0.4, 0.5) is 0 Å². The third kappa shape index (κ3) is 4.96. The number of furan rings is 1. The SMILES string of the molecule is [2H]C([2H])([2H])c1ccc2c(n1)oc1c(-c3ccccn3)[c-]ccc12.[2H]C([2H])c1ccc(-c2[c-]cccc2)nc1.[Ir]. The van der Waals surface area contributed by atoms with E-state index in [2.05, 4.69) is 27.1 Å². The first-order chi connectivity index (χ1) is 18.3. The second-order valence-corrected chi connectivity index (χ2v) is 7.21. The van der Waals surface area contributed by atoms with Crippen LogP contribution in [0.3, 0.4) is 0 Å². The molecular weight excluding hydrogens is 599 g/mol. The molecule has 0 aliphatic rings. The van der Waals surface area contributed by atoms with Gasteiger partial charge in [-0.2, -0.15) is 0 Å². The Balaban J connectivity index is 0.000000192. The van der Waals surface area contributed by atoms with Crippen LogP contribution in [-0.2, 0) is 20.1 Å². The molecule has 4 nitrogen and oxygen atoms in total. The van der Waals surface area contributed by atoms with Crippen molar-refractivity contribution < 1.29 is 31.4 Å². The Kier molecular flexibility index (Phi) is 5.49. The Morgan fingerprint density at radius 1 is 0.824 bits per heavy atom. The second kappa shape index (κ2) is 10.5. The van der Waals surface area contributed by atoms with Crippen LogP contribution in [-0.4, -0.2) is 15.0 Å². The molecule has 169 valence electrons. The van der Waals surface area contributed by atoms with Crippen LogP contribution >= 0.6 is 0 Å². The van der Waals surface area contributed by atoms with Crippen molar-refractivity contribution in [3.05, 3.63) is 115 Å². The molecule has 4 aromatic heterocycles. The van der Waals surface area contributed by atoms with Gasteiger partial charge in [0.2, 0.25) is 5.71 Å². The zero-order valence-electron chi connectivity index (χ0n) is 22.8. The van der Waals surface area contributed by atoms with Gasteiger partial charge in [-0.25, -0.2) is 4.98 Å². The van der Waals surface area contributed by atoms with Crippen LogP contribution in [0.5, 0.6) is 0 Å². The number of hydrogen-bond donors (Lipinski definition) is 0. The van der Waals surface area contributed by atoms with E-state index in [0.29, 0.717) is 16.9 Å². The van der Waals surface area contributed by atoms with Crippen molar-refractivity contribution in [2.75, 3.05) is 0 Å². The van der Waals surface area contributed by atoms with Gasteiger partial charge in [0, 0.05) is 50.4 Å². The summed E-state index contributed by atoms with van der Waals surface area (Å²) in [6, 6.07) is 29.9. The molecule has 6 aromatic rings. The van der Waals surface area contributed by atoms with Crippen LogP contribution < -0.4 is 0 Å². The molecule has 1 radical (unpaired) electrons. The van der Waals surface area contributed by atoms with E-state index in [9.17, 15) is 0 Å². The Morgan fingerprint density at radius 3 is 2.50 bits per heavy atom.